The van der Waals surface area contributed by atoms with E-state index >= 15 is 0 Å². The van der Waals surface area contributed by atoms with Crippen molar-refractivity contribution < 1.29 is 14.6 Å². The molecule has 0 atom stereocenters. The van der Waals surface area contributed by atoms with Gasteiger partial charge >= 0.3 is 0 Å². The Morgan fingerprint density at radius 3 is 2.64 bits per heavy atom. The summed E-state index contributed by atoms with van der Waals surface area (Å²) in [6.07, 6.45) is 4.03. The van der Waals surface area contributed by atoms with E-state index in [-0.39, 0.29) is 5.56 Å². The number of carbonyl (C=O) groups is 1. The predicted molar refractivity (Wildman–Crippen MR) is 97.8 cm³/mol. The first kappa shape index (κ1) is 17.0. The molecule has 1 N–H and O–H groups in total. The van der Waals surface area contributed by atoms with E-state index in [0.29, 0.717) is 38.5 Å². The zero-order valence-corrected chi connectivity index (χ0v) is 14.0. The molecule has 1 fully saturated rings. The number of benzene rings is 2. The van der Waals surface area contributed by atoms with Gasteiger partial charge in [-0.25, -0.2) is 0 Å². The lowest BCUT2D eigenvalue weighted by molar-refractivity contribution is -0.254. The molecular weight excluding hydrogens is 316 g/mol. The Kier molecular flexibility index (Phi) is 5.69. The van der Waals surface area contributed by atoms with Crippen molar-refractivity contribution in [2.75, 3.05) is 43.1 Å². The van der Waals surface area contributed by atoms with E-state index in [1.54, 1.807) is 6.07 Å². The second-order valence-electron chi connectivity index (χ2n) is 5.81. The van der Waals surface area contributed by atoms with Crippen molar-refractivity contribution in [1.29, 1.82) is 0 Å². The SMILES string of the molecule is O=C([O-])c1cc(NC/C=C/c2ccccc2)ccc1N1CCOCC1. The van der Waals surface area contributed by atoms with Crippen molar-refractivity contribution in [2.24, 2.45) is 0 Å². The molecule has 0 spiro atoms. The van der Waals surface area contributed by atoms with Crippen molar-refractivity contribution in [3.05, 3.63) is 65.7 Å². The van der Waals surface area contributed by atoms with Crippen LogP contribution in [0.1, 0.15) is 15.9 Å². The third kappa shape index (κ3) is 4.61. The summed E-state index contributed by atoms with van der Waals surface area (Å²) in [6.45, 7) is 3.20. The molecule has 1 saturated heterocycles. The van der Waals surface area contributed by atoms with Crippen LogP contribution in [0.15, 0.2) is 54.6 Å². The minimum Gasteiger partial charge on any atom is -0.545 e. The van der Waals surface area contributed by atoms with Gasteiger partial charge < -0.3 is 24.9 Å². The average Bonchev–Trinajstić information content (AvgIpc) is 2.66. The van der Waals surface area contributed by atoms with Gasteiger partial charge in [-0.2, -0.15) is 0 Å². The molecule has 0 amide bonds. The molecule has 0 unspecified atom stereocenters. The van der Waals surface area contributed by atoms with Gasteiger partial charge in [-0.1, -0.05) is 42.5 Å². The quantitative estimate of drug-likeness (QED) is 0.873. The lowest BCUT2D eigenvalue weighted by atomic mass is 10.1. The van der Waals surface area contributed by atoms with Gasteiger partial charge in [-0.05, 0) is 23.8 Å². The minimum absolute atomic E-state index is 0.207. The number of hydrogen-bond donors (Lipinski definition) is 1. The number of aromatic carboxylic acids is 1. The van der Waals surface area contributed by atoms with Crippen LogP contribution in [0.5, 0.6) is 0 Å². The van der Waals surface area contributed by atoms with Crippen LogP contribution in [0.2, 0.25) is 0 Å². The van der Waals surface area contributed by atoms with Gasteiger partial charge in [-0.3, -0.25) is 0 Å². The molecule has 130 valence electrons. The molecule has 0 saturated carbocycles. The van der Waals surface area contributed by atoms with E-state index in [9.17, 15) is 9.90 Å². The van der Waals surface area contributed by atoms with Gasteiger partial charge in [0.15, 0.2) is 0 Å². The van der Waals surface area contributed by atoms with E-state index in [0.717, 1.165) is 11.3 Å². The van der Waals surface area contributed by atoms with Gasteiger partial charge in [0, 0.05) is 36.6 Å². The summed E-state index contributed by atoms with van der Waals surface area (Å²) < 4.78 is 5.32. The number of carbonyl (C=O) groups excluding carboxylic acids is 1. The number of anilines is 2. The minimum atomic E-state index is -1.16. The fraction of sp³-hybridized carbons (Fsp3) is 0.250. The highest BCUT2D eigenvalue weighted by Gasteiger charge is 2.15. The van der Waals surface area contributed by atoms with E-state index < -0.39 is 5.97 Å². The Hall–Kier alpha value is -2.79. The molecule has 25 heavy (non-hydrogen) atoms. The number of carboxylic acid groups (broad SMARTS) is 1. The molecule has 0 aromatic heterocycles. The van der Waals surface area contributed by atoms with E-state index in [2.05, 4.69) is 5.32 Å². The van der Waals surface area contributed by atoms with Crippen LogP contribution in [0, 0.1) is 0 Å². The summed E-state index contributed by atoms with van der Waals surface area (Å²) in [7, 11) is 0. The summed E-state index contributed by atoms with van der Waals surface area (Å²) >= 11 is 0. The number of nitrogens with one attached hydrogen (secondary N) is 1. The van der Waals surface area contributed by atoms with Gasteiger partial charge in [0.1, 0.15) is 0 Å². The summed E-state index contributed by atoms with van der Waals surface area (Å²) in [5.41, 5.74) is 2.78. The molecule has 3 rings (SSSR count). The molecule has 1 heterocycles. The predicted octanol–water partition coefficient (Wildman–Crippen LogP) is 2.01. The maximum absolute atomic E-state index is 11.5. The van der Waals surface area contributed by atoms with Gasteiger partial charge in [0.05, 0.1) is 19.2 Å². The molecule has 2 aromatic carbocycles. The Bertz CT molecular complexity index is 738. The van der Waals surface area contributed by atoms with E-state index in [1.807, 2.05) is 59.5 Å². The van der Waals surface area contributed by atoms with Gasteiger partial charge in [0.2, 0.25) is 0 Å². The molecule has 5 heteroatoms. The summed E-state index contributed by atoms with van der Waals surface area (Å²) in [6, 6.07) is 15.4. The lowest BCUT2D eigenvalue weighted by Gasteiger charge is -2.31. The molecule has 1 aliphatic rings. The fourth-order valence-corrected chi connectivity index (χ4v) is 2.83. The Labute approximate surface area is 147 Å². The van der Waals surface area contributed by atoms with Crippen LogP contribution < -0.4 is 15.3 Å². The van der Waals surface area contributed by atoms with Crippen LogP contribution in [-0.4, -0.2) is 38.8 Å². The fourth-order valence-electron chi connectivity index (χ4n) is 2.83. The lowest BCUT2D eigenvalue weighted by Crippen LogP contribution is -2.38. The van der Waals surface area contributed by atoms with Crippen LogP contribution in [0.25, 0.3) is 6.08 Å². The van der Waals surface area contributed by atoms with Crippen LogP contribution in [0.4, 0.5) is 11.4 Å². The Balaban J connectivity index is 1.67. The molecule has 0 aliphatic carbocycles. The Morgan fingerprint density at radius 2 is 1.92 bits per heavy atom. The second kappa shape index (κ2) is 8.35. The number of rotatable bonds is 6. The zero-order chi connectivity index (χ0) is 17.5. The largest absolute Gasteiger partial charge is 0.545 e. The van der Waals surface area contributed by atoms with E-state index in [1.165, 1.54) is 0 Å². The molecular formula is C20H21N2O3-. The smallest absolute Gasteiger partial charge is 0.0736 e. The maximum atomic E-state index is 11.5. The maximum Gasteiger partial charge on any atom is 0.0736 e. The van der Waals surface area contributed by atoms with Crippen LogP contribution >= 0.6 is 0 Å². The average molecular weight is 337 g/mol. The summed E-state index contributed by atoms with van der Waals surface area (Å²) in [5.74, 6) is -1.16. The number of hydrogen-bond acceptors (Lipinski definition) is 5. The van der Waals surface area contributed by atoms with Gasteiger partial charge in [0.25, 0.3) is 0 Å². The topological polar surface area (TPSA) is 64.6 Å². The molecule has 0 bridgehead atoms. The monoisotopic (exact) mass is 337 g/mol. The van der Waals surface area contributed by atoms with Crippen LogP contribution in [-0.2, 0) is 4.74 Å². The number of carboxylic acids is 1. The highest BCUT2D eigenvalue weighted by molar-refractivity contribution is 5.94. The standard InChI is InChI=1S/C20H22N2O3/c23-20(24)18-15-17(8-9-19(18)22-11-13-25-14-12-22)21-10-4-7-16-5-2-1-3-6-16/h1-9,15,21H,10-14H2,(H,23,24)/p-1/b7-4+. The van der Waals surface area contributed by atoms with Crippen molar-refractivity contribution in [1.82, 2.24) is 0 Å². The highest BCUT2D eigenvalue weighted by Crippen LogP contribution is 2.25. The second-order valence-corrected chi connectivity index (χ2v) is 5.81. The molecule has 0 radical (unpaired) electrons. The number of nitrogens with zero attached hydrogens (tertiary/aromatic N) is 1. The van der Waals surface area contributed by atoms with E-state index in [4.69, 9.17) is 4.74 Å². The third-order valence-corrected chi connectivity index (χ3v) is 4.10. The highest BCUT2D eigenvalue weighted by atomic mass is 16.5. The first-order valence-corrected chi connectivity index (χ1v) is 8.37. The molecule has 2 aromatic rings. The summed E-state index contributed by atoms with van der Waals surface area (Å²) in [4.78, 5) is 13.5. The zero-order valence-electron chi connectivity index (χ0n) is 14.0. The van der Waals surface area contributed by atoms with Crippen molar-refractivity contribution in [3.8, 4) is 0 Å². The first-order chi connectivity index (χ1) is 12.2. The normalized spacial score (nSPS) is 14.6. The van der Waals surface area contributed by atoms with Gasteiger partial charge in [-0.15, -0.1) is 0 Å². The summed E-state index contributed by atoms with van der Waals surface area (Å²) in [5, 5.41) is 14.7. The molecule has 5 nitrogen and oxygen atoms in total. The van der Waals surface area contributed by atoms with Crippen molar-refractivity contribution >= 4 is 23.4 Å². The number of morpholine rings is 1. The van der Waals surface area contributed by atoms with Crippen LogP contribution in [0.3, 0.4) is 0 Å². The first-order valence-electron chi connectivity index (χ1n) is 8.37. The number of ether oxygens (including phenoxy) is 1. The Morgan fingerprint density at radius 1 is 1.16 bits per heavy atom. The van der Waals surface area contributed by atoms with Crippen molar-refractivity contribution in [3.63, 3.8) is 0 Å². The molecule has 1 aliphatic heterocycles. The van der Waals surface area contributed by atoms with Crippen molar-refractivity contribution in [2.45, 2.75) is 0 Å². The third-order valence-electron chi connectivity index (χ3n) is 4.10.